The van der Waals surface area contributed by atoms with Crippen molar-refractivity contribution in [2.24, 2.45) is 11.8 Å². The summed E-state index contributed by atoms with van der Waals surface area (Å²) in [7, 11) is -3.42. The molecule has 0 aromatic rings. The molecule has 1 aliphatic heterocycles. The van der Waals surface area contributed by atoms with E-state index in [9.17, 15) is 9.67 Å². The second-order valence-corrected chi connectivity index (χ2v) is 6.02. The molecular weight excluding hydrogens is 243 g/mol. The highest BCUT2D eigenvalue weighted by molar-refractivity contribution is 7.58. The van der Waals surface area contributed by atoms with E-state index < -0.39 is 13.9 Å². The van der Waals surface area contributed by atoms with Gasteiger partial charge in [-0.2, -0.15) is 0 Å². The molecule has 3 atom stereocenters. The maximum Gasteiger partial charge on any atom is 0.395 e. The van der Waals surface area contributed by atoms with Crippen molar-refractivity contribution in [2.75, 3.05) is 13.2 Å². The molecule has 0 saturated carbocycles. The lowest BCUT2D eigenvalue weighted by molar-refractivity contribution is -0.114. The summed E-state index contributed by atoms with van der Waals surface area (Å²) in [5, 5.41) is 9.72. The Bertz CT molecular complexity index is 318. The van der Waals surface area contributed by atoms with E-state index >= 15 is 0 Å². The first kappa shape index (κ1) is 14.7. The molecule has 1 N–H and O–H groups in total. The van der Waals surface area contributed by atoms with E-state index in [1.54, 1.807) is 19.9 Å². The van der Waals surface area contributed by atoms with Crippen molar-refractivity contribution in [1.29, 1.82) is 0 Å². The molecule has 0 aromatic heterocycles. The Morgan fingerprint density at radius 2 is 1.88 bits per heavy atom. The first-order valence-corrected chi connectivity index (χ1v) is 7.45. The van der Waals surface area contributed by atoms with Crippen LogP contribution in [0.5, 0.6) is 0 Å². The molecule has 0 aliphatic carbocycles. The first-order valence-electron chi connectivity index (χ1n) is 5.90. The predicted molar refractivity (Wildman–Crippen MR) is 64.4 cm³/mol. The molecule has 1 heterocycles. The van der Waals surface area contributed by atoms with Gasteiger partial charge in [0.1, 0.15) is 0 Å². The monoisotopic (exact) mass is 264 g/mol. The summed E-state index contributed by atoms with van der Waals surface area (Å²) in [6, 6.07) is 0. The van der Waals surface area contributed by atoms with Gasteiger partial charge in [0.05, 0.1) is 13.2 Å². The zero-order valence-corrected chi connectivity index (χ0v) is 11.6. The quantitative estimate of drug-likeness (QED) is 0.773. The number of allylic oxidation sites excluding steroid dienone is 1. The van der Waals surface area contributed by atoms with Crippen LogP contribution in [-0.4, -0.2) is 24.6 Å². The highest BCUT2D eigenvalue weighted by atomic mass is 31.2. The van der Waals surface area contributed by atoms with Gasteiger partial charge in [0.15, 0.2) is 0 Å². The Morgan fingerprint density at radius 1 is 1.35 bits per heavy atom. The van der Waals surface area contributed by atoms with E-state index in [1.165, 1.54) is 0 Å². The van der Waals surface area contributed by atoms with Crippen molar-refractivity contribution < 1.29 is 23.5 Å². The van der Waals surface area contributed by atoms with Crippen LogP contribution >= 0.6 is 7.60 Å². The third-order valence-corrected chi connectivity index (χ3v) is 4.78. The minimum Gasteiger partial charge on any atom is -0.457 e. The number of aliphatic hydroxyl groups is 1. The van der Waals surface area contributed by atoms with E-state index in [1.807, 2.05) is 13.8 Å². The Morgan fingerprint density at radius 3 is 2.29 bits per heavy atom. The molecule has 0 amide bonds. The normalized spacial score (nSPS) is 29.7. The van der Waals surface area contributed by atoms with Crippen LogP contribution in [0.1, 0.15) is 27.7 Å². The minimum atomic E-state index is -3.42. The zero-order chi connectivity index (χ0) is 13.1. The zero-order valence-electron chi connectivity index (χ0n) is 10.8. The molecule has 100 valence electrons. The smallest absolute Gasteiger partial charge is 0.395 e. The molecular formula is C11H21O5P. The fourth-order valence-corrected chi connectivity index (χ4v) is 3.23. The van der Waals surface area contributed by atoms with Crippen molar-refractivity contribution >= 4 is 7.60 Å². The topological polar surface area (TPSA) is 65.0 Å². The van der Waals surface area contributed by atoms with Gasteiger partial charge in [-0.25, -0.2) is 0 Å². The SMILES string of the molecule is CCOP(=O)(OCC)C1=C[C@H](C)[C@@H](C)C(O)O1. The van der Waals surface area contributed by atoms with Crippen LogP contribution in [0.4, 0.5) is 0 Å². The van der Waals surface area contributed by atoms with Crippen LogP contribution in [-0.2, 0) is 18.3 Å². The largest absolute Gasteiger partial charge is 0.457 e. The average Bonchev–Trinajstić information content (AvgIpc) is 2.26. The van der Waals surface area contributed by atoms with E-state index in [-0.39, 0.29) is 30.5 Å². The Labute approximate surface area is 102 Å². The molecule has 17 heavy (non-hydrogen) atoms. The average molecular weight is 264 g/mol. The number of rotatable bonds is 5. The predicted octanol–water partition coefficient (Wildman–Crippen LogP) is 2.71. The maximum absolute atomic E-state index is 12.4. The molecule has 0 saturated heterocycles. The lowest BCUT2D eigenvalue weighted by Gasteiger charge is -2.32. The third kappa shape index (κ3) is 3.32. The molecule has 1 rings (SSSR count). The van der Waals surface area contributed by atoms with Crippen molar-refractivity contribution in [2.45, 2.75) is 34.0 Å². The van der Waals surface area contributed by atoms with E-state index in [2.05, 4.69) is 0 Å². The van der Waals surface area contributed by atoms with Crippen LogP contribution in [0.3, 0.4) is 0 Å². The van der Waals surface area contributed by atoms with Gasteiger partial charge in [0, 0.05) is 5.92 Å². The lowest BCUT2D eigenvalue weighted by Crippen LogP contribution is -2.30. The molecule has 0 bridgehead atoms. The summed E-state index contributed by atoms with van der Waals surface area (Å²) in [6.45, 7) is 7.79. The summed E-state index contributed by atoms with van der Waals surface area (Å²) in [6.07, 6.45) is 0.739. The standard InChI is InChI=1S/C11H21O5P/c1-5-14-17(13,15-6-2)10-7-8(3)9(4)11(12)16-10/h7-9,11-12H,5-6H2,1-4H3/t8-,9+,11?/m0/s1. The lowest BCUT2D eigenvalue weighted by atomic mass is 9.94. The van der Waals surface area contributed by atoms with Crippen molar-refractivity contribution in [3.05, 3.63) is 11.6 Å². The van der Waals surface area contributed by atoms with E-state index in [0.717, 1.165) is 0 Å². The highest BCUT2D eigenvalue weighted by Crippen LogP contribution is 2.58. The van der Waals surface area contributed by atoms with Gasteiger partial charge in [-0.1, -0.05) is 13.8 Å². The second kappa shape index (κ2) is 6.01. The van der Waals surface area contributed by atoms with E-state index in [0.29, 0.717) is 0 Å². The number of ether oxygens (including phenoxy) is 1. The Kier molecular flexibility index (Phi) is 5.20. The van der Waals surface area contributed by atoms with Crippen LogP contribution in [0.15, 0.2) is 11.6 Å². The van der Waals surface area contributed by atoms with Crippen LogP contribution in [0.25, 0.3) is 0 Å². The van der Waals surface area contributed by atoms with Gasteiger partial charge in [-0.05, 0) is 25.8 Å². The van der Waals surface area contributed by atoms with Gasteiger partial charge in [-0.15, -0.1) is 0 Å². The van der Waals surface area contributed by atoms with Crippen LogP contribution < -0.4 is 0 Å². The molecule has 1 unspecified atom stereocenters. The van der Waals surface area contributed by atoms with Crippen LogP contribution in [0, 0.1) is 11.8 Å². The van der Waals surface area contributed by atoms with Gasteiger partial charge in [0.25, 0.3) is 0 Å². The van der Waals surface area contributed by atoms with Crippen molar-refractivity contribution in [3.8, 4) is 0 Å². The Hall–Kier alpha value is -0.350. The van der Waals surface area contributed by atoms with Gasteiger partial charge >= 0.3 is 7.60 Å². The molecule has 0 spiro atoms. The third-order valence-electron chi connectivity index (χ3n) is 2.79. The first-order chi connectivity index (χ1) is 7.94. The summed E-state index contributed by atoms with van der Waals surface area (Å²) >= 11 is 0. The molecule has 1 aliphatic rings. The summed E-state index contributed by atoms with van der Waals surface area (Å²) in [5.74, 6) is 0.0124. The van der Waals surface area contributed by atoms with Crippen LogP contribution in [0.2, 0.25) is 0 Å². The van der Waals surface area contributed by atoms with E-state index in [4.69, 9.17) is 13.8 Å². The molecule has 0 aromatic carbocycles. The molecule has 0 radical (unpaired) electrons. The maximum atomic E-state index is 12.4. The van der Waals surface area contributed by atoms with Gasteiger partial charge < -0.3 is 18.9 Å². The van der Waals surface area contributed by atoms with Gasteiger partial charge in [0.2, 0.25) is 11.8 Å². The summed E-state index contributed by atoms with van der Waals surface area (Å²) in [5.41, 5.74) is 0.124. The molecule has 5 nitrogen and oxygen atoms in total. The minimum absolute atomic E-state index is 0.0459. The number of hydrogen-bond acceptors (Lipinski definition) is 5. The fraction of sp³-hybridized carbons (Fsp3) is 0.818. The number of hydrogen-bond donors (Lipinski definition) is 1. The summed E-state index contributed by atoms with van der Waals surface area (Å²) < 4.78 is 28.0. The number of aliphatic hydroxyl groups excluding tert-OH is 1. The van der Waals surface area contributed by atoms with Crippen molar-refractivity contribution in [1.82, 2.24) is 0 Å². The van der Waals surface area contributed by atoms with Crippen molar-refractivity contribution in [3.63, 3.8) is 0 Å². The fourth-order valence-electron chi connectivity index (χ4n) is 1.57. The second-order valence-electron chi connectivity index (χ2n) is 4.06. The highest BCUT2D eigenvalue weighted by Gasteiger charge is 2.38. The molecule has 0 fully saturated rings. The Balaban J connectivity index is 2.96. The molecule has 6 heteroatoms. The van der Waals surface area contributed by atoms with Gasteiger partial charge in [-0.3, -0.25) is 4.57 Å². The summed E-state index contributed by atoms with van der Waals surface area (Å²) in [4.78, 5) is 0.